The molecule has 1 aliphatic heterocycles. The highest BCUT2D eigenvalue weighted by Gasteiger charge is 2.19. The van der Waals surface area contributed by atoms with Gasteiger partial charge < -0.3 is 4.90 Å². The van der Waals surface area contributed by atoms with Crippen LogP contribution in [0.1, 0.15) is 0 Å². The van der Waals surface area contributed by atoms with Crippen LogP contribution in [0.5, 0.6) is 0 Å². The van der Waals surface area contributed by atoms with E-state index >= 15 is 0 Å². The van der Waals surface area contributed by atoms with Gasteiger partial charge in [-0.25, -0.2) is 18.5 Å². The second-order valence-corrected chi connectivity index (χ2v) is 6.61. The number of allylic oxidation sites excluding steroid dienone is 2. The average Bonchev–Trinajstić information content (AvgIpc) is 2.28. The molecule has 0 amide bonds. The number of hydrogen-bond acceptors (Lipinski definition) is 4. The van der Waals surface area contributed by atoms with Gasteiger partial charge in [-0.2, -0.15) is 0 Å². The second-order valence-electron chi connectivity index (χ2n) is 3.59. The smallest absolute Gasteiger partial charge is 0.235 e. The summed E-state index contributed by atoms with van der Waals surface area (Å²) < 4.78 is 23.3. The largest absolute Gasteiger partial charge is 0.341 e. The monoisotopic (exact) mass is 397 g/mol. The van der Waals surface area contributed by atoms with Gasteiger partial charge in [0.15, 0.2) is 0 Å². The normalized spacial score (nSPS) is 15.7. The van der Waals surface area contributed by atoms with Crippen LogP contribution in [0.3, 0.4) is 0 Å². The molecule has 0 saturated carbocycles. The third-order valence-electron chi connectivity index (χ3n) is 2.34. The van der Waals surface area contributed by atoms with Crippen LogP contribution >= 0.6 is 34.2 Å². The molecule has 8 heteroatoms. The van der Waals surface area contributed by atoms with Crippen molar-refractivity contribution in [1.29, 1.82) is 0 Å². The lowest BCUT2D eigenvalue weighted by molar-refractivity contribution is 0.602. The Morgan fingerprint density at radius 2 is 2.17 bits per heavy atom. The Morgan fingerprint density at radius 3 is 2.78 bits per heavy atom. The molecule has 2 rings (SSSR count). The lowest BCUT2D eigenvalue weighted by Gasteiger charge is -2.24. The molecule has 0 aliphatic carbocycles. The van der Waals surface area contributed by atoms with Crippen LogP contribution < -0.4 is 10.0 Å². The summed E-state index contributed by atoms with van der Waals surface area (Å²) in [4.78, 5) is 6.03. The third-order valence-corrected chi connectivity index (χ3v) is 4.34. The number of rotatable bonds is 2. The number of sulfonamides is 1. The van der Waals surface area contributed by atoms with Crippen molar-refractivity contribution in [2.24, 2.45) is 5.14 Å². The fourth-order valence-electron chi connectivity index (χ4n) is 1.50. The topological polar surface area (TPSA) is 76.3 Å². The van der Waals surface area contributed by atoms with Crippen molar-refractivity contribution in [3.8, 4) is 0 Å². The molecule has 0 saturated heterocycles. The molecular formula is C10H9ClIN3O2S. The summed E-state index contributed by atoms with van der Waals surface area (Å²) in [5.74, 6) is 0. The standard InChI is InChI=1S/C10H9ClIN3O2S/c11-9-4-3-8(10(12)14-9)15-5-1-2-7(6-15)18(13,16)17/h1-5H,6H2,(H2,13,16,17). The first kappa shape index (κ1) is 13.8. The van der Waals surface area contributed by atoms with Gasteiger partial charge in [0.25, 0.3) is 0 Å². The van der Waals surface area contributed by atoms with Crippen LogP contribution in [0, 0.1) is 3.70 Å². The quantitative estimate of drug-likeness (QED) is 0.610. The molecule has 0 unspecified atom stereocenters. The lowest BCUT2D eigenvalue weighted by Crippen LogP contribution is -2.28. The Labute approximate surface area is 124 Å². The van der Waals surface area contributed by atoms with Crippen LogP contribution in [0.25, 0.3) is 0 Å². The number of hydrogen-bond donors (Lipinski definition) is 1. The molecule has 1 aromatic heterocycles. The summed E-state index contributed by atoms with van der Waals surface area (Å²) in [5, 5.41) is 5.51. The fourth-order valence-corrected chi connectivity index (χ4v) is 3.12. The molecule has 0 radical (unpaired) electrons. The molecule has 2 heterocycles. The summed E-state index contributed by atoms with van der Waals surface area (Å²) in [6, 6.07) is 3.44. The van der Waals surface area contributed by atoms with Crippen LogP contribution in [-0.2, 0) is 10.0 Å². The Morgan fingerprint density at radius 1 is 1.44 bits per heavy atom. The van der Waals surface area contributed by atoms with Crippen molar-refractivity contribution in [3.63, 3.8) is 0 Å². The van der Waals surface area contributed by atoms with Crippen molar-refractivity contribution in [2.75, 3.05) is 11.4 Å². The van der Waals surface area contributed by atoms with Gasteiger partial charge in [0.1, 0.15) is 8.85 Å². The maximum absolute atomic E-state index is 11.3. The molecule has 2 N–H and O–H groups in total. The number of primary sulfonamides is 1. The highest BCUT2D eigenvalue weighted by atomic mass is 127. The van der Waals surface area contributed by atoms with E-state index in [0.29, 0.717) is 8.85 Å². The van der Waals surface area contributed by atoms with Crippen molar-refractivity contribution in [1.82, 2.24) is 4.98 Å². The number of halogens is 2. The third kappa shape index (κ3) is 3.02. The fraction of sp³-hybridized carbons (Fsp3) is 0.100. The first-order valence-corrected chi connectivity index (χ1v) is 7.87. The zero-order chi connectivity index (χ0) is 13.3. The van der Waals surface area contributed by atoms with Gasteiger partial charge in [-0.3, -0.25) is 0 Å². The predicted molar refractivity (Wildman–Crippen MR) is 79.6 cm³/mol. The molecule has 5 nitrogen and oxygen atoms in total. The first-order chi connectivity index (χ1) is 8.38. The summed E-state index contributed by atoms with van der Waals surface area (Å²) in [7, 11) is -3.67. The van der Waals surface area contributed by atoms with Crippen LogP contribution in [-0.4, -0.2) is 19.9 Å². The molecule has 96 valence electrons. The highest BCUT2D eigenvalue weighted by molar-refractivity contribution is 14.1. The lowest BCUT2D eigenvalue weighted by atomic mass is 10.3. The molecule has 0 atom stereocenters. The highest BCUT2D eigenvalue weighted by Crippen LogP contribution is 2.26. The average molecular weight is 398 g/mol. The van der Waals surface area contributed by atoms with Crippen LogP contribution in [0.2, 0.25) is 5.15 Å². The molecular weight excluding hydrogens is 389 g/mol. The summed E-state index contributed by atoms with van der Waals surface area (Å²) in [5.41, 5.74) is 0.783. The van der Waals surface area contributed by atoms with Crippen LogP contribution in [0.15, 0.2) is 35.4 Å². The molecule has 18 heavy (non-hydrogen) atoms. The van der Waals surface area contributed by atoms with E-state index in [-0.39, 0.29) is 11.4 Å². The molecule has 0 aromatic carbocycles. The first-order valence-electron chi connectivity index (χ1n) is 4.87. The van der Waals surface area contributed by atoms with E-state index in [4.69, 9.17) is 16.7 Å². The van der Waals surface area contributed by atoms with Gasteiger partial charge in [0.2, 0.25) is 10.0 Å². The van der Waals surface area contributed by atoms with E-state index in [1.54, 1.807) is 29.3 Å². The summed E-state index contributed by atoms with van der Waals surface area (Å²) in [6.07, 6.45) is 4.89. The minimum atomic E-state index is -3.67. The van der Waals surface area contributed by atoms with Gasteiger partial charge >= 0.3 is 0 Å². The van der Waals surface area contributed by atoms with Gasteiger partial charge in [-0.1, -0.05) is 11.6 Å². The van der Waals surface area contributed by atoms with E-state index in [0.717, 1.165) is 5.69 Å². The van der Waals surface area contributed by atoms with Gasteiger partial charge in [0, 0.05) is 6.20 Å². The SMILES string of the molecule is NS(=O)(=O)C1=CC=CN(c2ccc(Cl)nc2I)C1. The maximum atomic E-state index is 11.3. The van der Waals surface area contributed by atoms with E-state index < -0.39 is 10.0 Å². The Bertz CT molecular complexity index is 643. The number of anilines is 1. The molecule has 0 spiro atoms. The number of nitrogens with two attached hydrogens (primary N) is 1. The summed E-state index contributed by atoms with van der Waals surface area (Å²) in [6.45, 7) is 0.189. The van der Waals surface area contributed by atoms with Crippen molar-refractivity contribution in [2.45, 2.75) is 0 Å². The summed E-state index contributed by atoms with van der Waals surface area (Å²) >= 11 is 7.82. The maximum Gasteiger partial charge on any atom is 0.235 e. The minimum Gasteiger partial charge on any atom is -0.341 e. The molecule has 0 fully saturated rings. The molecule has 0 bridgehead atoms. The number of aromatic nitrogens is 1. The Hall–Kier alpha value is -0.640. The van der Waals surface area contributed by atoms with Gasteiger partial charge in [-0.05, 0) is 46.9 Å². The van der Waals surface area contributed by atoms with Gasteiger partial charge in [0.05, 0.1) is 17.1 Å². The van der Waals surface area contributed by atoms with E-state index in [9.17, 15) is 8.42 Å². The van der Waals surface area contributed by atoms with Crippen LogP contribution in [0.4, 0.5) is 5.69 Å². The Kier molecular flexibility index (Phi) is 3.95. The predicted octanol–water partition coefficient (Wildman–Crippen LogP) is 1.85. The molecule has 1 aromatic rings. The van der Waals surface area contributed by atoms with E-state index in [1.807, 2.05) is 22.6 Å². The van der Waals surface area contributed by atoms with E-state index in [2.05, 4.69) is 4.98 Å². The molecule has 1 aliphatic rings. The van der Waals surface area contributed by atoms with Crippen molar-refractivity contribution in [3.05, 3.63) is 44.2 Å². The zero-order valence-corrected chi connectivity index (χ0v) is 12.8. The van der Waals surface area contributed by atoms with Gasteiger partial charge in [-0.15, -0.1) is 0 Å². The van der Waals surface area contributed by atoms with Crippen molar-refractivity contribution >= 4 is 49.9 Å². The minimum absolute atomic E-state index is 0.163. The Balaban J connectivity index is 2.33. The zero-order valence-electron chi connectivity index (χ0n) is 9.05. The van der Waals surface area contributed by atoms with E-state index in [1.165, 1.54) is 6.08 Å². The number of pyridine rings is 1. The number of nitrogens with zero attached hydrogens (tertiary/aromatic N) is 2. The second kappa shape index (κ2) is 5.16. The van der Waals surface area contributed by atoms with Crippen molar-refractivity contribution < 1.29 is 8.42 Å².